The Kier molecular flexibility index (Phi) is 4.35. The summed E-state index contributed by atoms with van der Waals surface area (Å²) >= 11 is 5.98. The number of carboxylic acids is 1. The molecule has 98 valence electrons. The van der Waals surface area contributed by atoms with Crippen molar-refractivity contribution in [3.8, 4) is 0 Å². The van der Waals surface area contributed by atoms with Crippen molar-refractivity contribution in [2.45, 2.75) is 10.6 Å². The number of rotatable bonds is 4. The van der Waals surface area contributed by atoms with Crippen LogP contribution in [-0.2, 0) is 16.6 Å². The van der Waals surface area contributed by atoms with Crippen molar-refractivity contribution in [1.29, 1.82) is 0 Å². The van der Waals surface area contributed by atoms with Gasteiger partial charge in [0.05, 0.1) is 32.0 Å². The SMILES string of the molecule is O=C(O)c1ccc(CS(=O)c2ccccc2Cl)cc1. The Balaban J connectivity index is 2.15. The molecule has 0 radical (unpaired) electrons. The molecule has 5 heteroatoms. The lowest BCUT2D eigenvalue weighted by atomic mass is 10.1. The smallest absolute Gasteiger partial charge is 0.335 e. The van der Waals surface area contributed by atoms with Gasteiger partial charge in [-0.3, -0.25) is 4.21 Å². The molecule has 0 bridgehead atoms. The van der Waals surface area contributed by atoms with E-state index < -0.39 is 16.8 Å². The summed E-state index contributed by atoms with van der Waals surface area (Å²) in [6.07, 6.45) is 0. The number of halogens is 1. The minimum absolute atomic E-state index is 0.215. The fourth-order valence-corrected chi connectivity index (χ4v) is 3.16. The van der Waals surface area contributed by atoms with Crippen LogP contribution in [0.1, 0.15) is 15.9 Å². The highest BCUT2D eigenvalue weighted by molar-refractivity contribution is 7.84. The van der Waals surface area contributed by atoms with E-state index in [0.717, 1.165) is 5.56 Å². The Labute approximate surface area is 118 Å². The van der Waals surface area contributed by atoms with E-state index in [9.17, 15) is 9.00 Å². The van der Waals surface area contributed by atoms with Crippen LogP contribution in [-0.4, -0.2) is 15.3 Å². The molecule has 0 amide bonds. The molecule has 0 fully saturated rings. The molecule has 1 unspecified atom stereocenters. The van der Waals surface area contributed by atoms with Crippen molar-refractivity contribution in [2.75, 3.05) is 0 Å². The van der Waals surface area contributed by atoms with Gasteiger partial charge in [0.15, 0.2) is 0 Å². The molecular formula is C14H11ClO3S. The molecule has 0 aliphatic rings. The molecule has 3 nitrogen and oxygen atoms in total. The van der Waals surface area contributed by atoms with Gasteiger partial charge in [0, 0.05) is 0 Å². The van der Waals surface area contributed by atoms with Crippen LogP contribution < -0.4 is 0 Å². The van der Waals surface area contributed by atoms with Crippen LogP contribution in [0.3, 0.4) is 0 Å². The summed E-state index contributed by atoms with van der Waals surface area (Å²) in [5.74, 6) is -0.664. The lowest BCUT2D eigenvalue weighted by molar-refractivity contribution is 0.0697. The predicted molar refractivity (Wildman–Crippen MR) is 75.0 cm³/mol. The average Bonchev–Trinajstić information content (AvgIpc) is 2.39. The van der Waals surface area contributed by atoms with E-state index in [-0.39, 0.29) is 5.56 Å². The van der Waals surface area contributed by atoms with Crippen LogP contribution in [0.25, 0.3) is 0 Å². The van der Waals surface area contributed by atoms with Gasteiger partial charge in [-0.05, 0) is 29.8 Å². The fraction of sp³-hybridized carbons (Fsp3) is 0.0714. The molecule has 2 aromatic rings. The highest BCUT2D eigenvalue weighted by atomic mass is 35.5. The second-order valence-corrected chi connectivity index (χ2v) is 5.75. The highest BCUT2D eigenvalue weighted by Crippen LogP contribution is 2.21. The molecule has 19 heavy (non-hydrogen) atoms. The minimum atomic E-state index is -1.24. The monoisotopic (exact) mass is 294 g/mol. The summed E-state index contributed by atoms with van der Waals surface area (Å²) in [5.41, 5.74) is 1.02. The van der Waals surface area contributed by atoms with Gasteiger partial charge in [-0.1, -0.05) is 35.9 Å². The standard InChI is InChI=1S/C14H11ClO3S/c15-12-3-1-2-4-13(12)19(18)9-10-5-7-11(8-6-10)14(16)17/h1-8H,9H2,(H,16,17). The first-order valence-electron chi connectivity index (χ1n) is 5.53. The molecule has 2 rings (SSSR count). The van der Waals surface area contributed by atoms with Crippen LogP contribution in [0.4, 0.5) is 0 Å². The maximum Gasteiger partial charge on any atom is 0.335 e. The summed E-state index contributed by atoms with van der Waals surface area (Å²) in [4.78, 5) is 11.3. The first-order chi connectivity index (χ1) is 9.08. The molecule has 1 atom stereocenters. The van der Waals surface area contributed by atoms with Crippen LogP contribution in [0.2, 0.25) is 5.02 Å². The van der Waals surface area contributed by atoms with Crippen molar-refractivity contribution in [2.24, 2.45) is 0 Å². The van der Waals surface area contributed by atoms with Crippen LogP contribution >= 0.6 is 11.6 Å². The summed E-state index contributed by atoms with van der Waals surface area (Å²) in [6.45, 7) is 0. The number of hydrogen-bond donors (Lipinski definition) is 1. The van der Waals surface area contributed by atoms with Gasteiger partial charge >= 0.3 is 5.97 Å². The predicted octanol–water partition coefficient (Wildman–Crippen LogP) is 3.35. The van der Waals surface area contributed by atoms with E-state index in [2.05, 4.69) is 0 Å². The lowest BCUT2D eigenvalue weighted by Gasteiger charge is -2.05. The second-order valence-electron chi connectivity index (χ2n) is 3.92. The van der Waals surface area contributed by atoms with Gasteiger partial charge in [-0.25, -0.2) is 4.79 Å². The number of benzene rings is 2. The summed E-state index contributed by atoms with van der Waals surface area (Å²) < 4.78 is 12.2. The Morgan fingerprint density at radius 1 is 1.11 bits per heavy atom. The van der Waals surface area contributed by atoms with E-state index in [1.807, 2.05) is 0 Å². The van der Waals surface area contributed by atoms with Crippen molar-refractivity contribution < 1.29 is 14.1 Å². The molecule has 0 saturated heterocycles. The first kappa shape index (κ1) is 13.8. The van der Waals surface area contributed by atoms with Gasteiger partial charge in [-0.2, -0.15) is 0 Å². The third kappa shape index (κ3) is 3.43. The van der Waals surface area contributed by atoms with Crippen molar-refractivity contribution in [3.05, 3.63) is 64.7 Å². The Bertz CT molecular complexity index is 623. The Morgan fingerprint density at radius 2 is 1.74 bits per heavy atom. The van der Waals surface area contributed by atoms with Gasteiger partial charge in [0.1, 0.15) is 0 Å². The minimum Gasteiger partial charge on any atom is -0.478 e. The number of aromatic carboxylic acids is 1. The lowest BCUT2D eigenvalue weighted by Crippen LogP contribution is -1.99. The molecule has 0 spiro atoms. The molecule has 0 aliphatic heterocycles. The molecular weight excluding hydrogens is 284 g/mol. The highest BCUT2D eigenvalue weighted by Gasteiger charge is 2.09. The third-order valence-electron chi connectivity index (χ3n) is 2.58. The Hall–Kier alpha value is -1.65. The van der Waals surface area contributed by atoms with Gasteiger partial charge < -0.3 is 5.11 Å². The summed E-state index contributed by atoms with van der Waals surface area (Å²) in [5, 5.41) is 9.27. The van der Waals surface area contributed by atoms with E-state index in [1.54, 1.807) is 36.4 Å². The third-order valence-corrected chi connectivity index (χ3v) is 4.46. The number of hydrogen-bond acceptors (Lipinski definition) is 2. The maximum absolute atomic E-state index is 12.2. The quantitative estimate of drug-likeness (QED) is 0.941. The zero-order valence-electron chi connectivity index (χ0n) is 9.88. The van der Waals surface area contributed by atoms with Gasteiger partial charge in [0.2, 0.25) is 0 Å². The number of carboxylic acid groups (broad SMARTS) is 1. The fourth-order valence-electron chi connectivity index (χ4n) is 1.60. The Morgan fingerprint density at radius 3 is 2.32 bits per heavy atom. The van der Waals surface area contributed by atoms with E-state index >= 15 is 0 Å². The van der Waals surface area contributed by atoms with E-state index in [0.29, 0.717) is 15.7 Å². The van der Waals surface area contributed by atoms with Gasteiger partial charge in [0.25, 0.3) is 0 Å². The summed E-state index contributed by atoms with van der Waals surface area (Å²) in [6, 6.07) is 13.3. The zero-order valence-corrected chi connectivity index (χ0v) is 11.4. The summed E-state index contributed by atoms with van der Waals surface area (Å²) in [7, 11) is -1.24. The molecule has 0 aliphatic carbocycles. The van der Waals surface area contributed by atoms with E-state index in [1.165, 1.54) is 12.1 Å². The largest absolute Gasteiger partial charge is 0.478 e. The number of carbonyl (C=O) groups is 1. The topological polar surface area (TPSA) is 54.4 Å². The molecule has 2 aromatic carbocycles. The molecule has 0 heterocycles. The van der Waals surface area contributed by atoms with Gasteiger partial charge in [-0.15, -0.1) is 0 Å². The molecule has 0 saturated carbocycles. The van der Waals surface area contributed by atoms with Crippen molar-refractivity contribution in [1.82, 2.24) is 0 Å². The normalized spacial score (nSPS) is 12.1. The molecule has 1 N–H and O–H groups in total. The van der Waals surface area contributed by atoms with Crippen LogP contribution in [0.15, 0.2) is 53.4 Å². The van der Waals surface area contributed by atoms with E-state index in [4.69, 9.17) is 16.7 Å². The first-order valence-corrected chi connectivity index (χ1v) is 7.23. The van der Waals surface area contributed by atoms with Crippen LogP contribution in [0.5, 0.6) is 0 Å². The second kappa shape index (κ2) is 5.99. The molecule has 0 aromatic heterocycles. The van der Waals surface area contributed by atoms with Crippen LogP contribution in [0, 0.1) is 0 Å². The zero-order chi connectivity index (χ0) is 13.8. The average molecular weight is 295 g/mol. The maximum atomic E-state index is 12.2. The van der Waals surface area contributed by atoms with Crippen molar-refractivity contribution in [3.63, 3.8) is 0 Å². The van der Waals surface area contributed by atoms with Crippen molar-refractivity contribution >= 4 is 28.4 Å².